The Bertz CT molecular complexity index is 210. The van der Waals surface area contributed by atoms with Crippen LogP contribution in [0.25, 0.3) is 0 Å². The van der Waals surface area contributed by atoms with Gasteiger partial charge in [0.05, 0.1) is 12.2 Å². The molecule has 15 heavy (non-hydrogen) atoms. The van der Waals surface area contributed by atoms with Crippen LogP contribution in [0.1, 0.15) is 19.3 Å². The Morgan fingerprint density at radius 3 is 2.73 bits per heavy atom. The van der Waals surface area contributed by atoms with Gasteiger partial charge in [0.1, 0.15) is 6.10 Å². The van der Waals surface area contributed by atoms with Crippen molar-refractivity contribution in [3.8, 4) is 0 Å². The molecule has 3 fully saturated rings. The van der Waals surface area contributed by atoms with Gasteiger partial charge in [0, 0.05) is 17.9 Å². The number of aliphatic hydroxyl groups is 2. The van der Waals surface area contributed by atoms with Gasteiger partial charge in [0.15, 0.2) is 6.29 Å². The van der Waals surface area contributed by atoms with Crippen molar-refractivity contribution in [3.63, 3.8) is 0 Å². The quantitative estimate of drug-likeness (QED) is 0.693. The lowest BCUT2D eigenvalue weighted by Gasteiger charge is -2.41. The van der Waals surface area contributed by atoms with Crippen LogP contribution in [0, 0.1) is 5.92 Å². The topological polar surface area (TPSA) is 58.9 Å². The minimum absolute atomic E-state index is 0.0114. The molecule has 0 aromatic heterocycles. The zero-order valence-corrected chi connectivity index (χ0v) is 10.1. The summed E-state index contributed by atoms with van der Waals surface area (Å²) in [5.74, 6) is 0.0114. The second-order valence-electron chi connectivity index (χ2n) is 4.21. The molecule has 2 unspecified atom stereocenters. The summed E-state index contributed by atoms with van der Waals surface area (Å²) in [7, 11) is 0. The second-order valence-corrected chi connectivity index (χ2v) is 4.86. The molecule has 3 heterocycles. The maximum absolute atomic E-state index is 9.97. The largest absolute Gasteiger partial charge is 0.390 e. The van der Waals surface area contributed by atoms with E-state index < -0.39 is 18.5 Å². The Hall–Kier alpha value is 0.320. The molecule has 5 atom stereocenters. The fourth-order valence-corrected chi connectivity index (χ4v) is 2.95. The van der Waals surface area contributed by atoms with E-state index in [-0.39, 0.29) is 12.0 Å². The Labute approximate surface area is 97.7 Å². The summed E-state index contributed by atoms with van der Waals surface area (Å²) in [5.41, 5.74) is 0. The molecular weight excluding hydrogens is 264 g/mol. The number of aliphatic hydroxyl groups excluding tert-OH is 2. The SMILES string of the molecule is OC1[C@@H]2OCCCC[C@H](C(CBr)O2)[C@@H]1O. The maximum Gasteiger partial charge on any atom is 0.186 e. The van der Waals surface area contributed by atoms with Gasteiger partial charge in [-0.25, -0.2) is 0 Å². The van der Waals surface area contributed by atoms with Crippen LogP contribution < -0.4 is 0 Å². The van der Waals surface area contributed by atoms with Crippen molar-refractivity contribution >= 4 is 15.9 Å². The average molecular weight is 281 g/mol. The smallest absolute Gasteiger partial charge is 0.186 e. The van der Waals surface area contributed by atoms with Gasteiger partial charge in [-0.15, -0.1) is 0 Å². The van der Waals surface area contributed by atoms with Gasteiger partial charge in [0.25, 0.3) is 0 Å². The lowest BCUT2D eigenvalue weighted by atomic mass is 9.86. The van der Waals surface area contributed by atoms with E-state index in [1.165, 1.54) is 0 Å². The van der Waals surface area contributed by atoms with Crippen LogP contribution in [0.2, 0.25) is 0 Å². The van der Waals surface area contributed by atoms with Crippen molar-refractivity contribution in [2.75, 3.05) is 11.9 Å². The van der Waals surface area contributed by atoms with Crippen molar-refractivity contribution in [2.45, 2.75) is 43.9 Å². The number of rotatable bonds is 1. The third-order valence-electron chi connectivity index (χ3n) is 3.22. The van der Waals surface area contributed by atoms with Crippen LogP contribution >= 0.6 is 15.9 Å². The lowest BCUT2D eigenvalue weighted by molar-refractivity contribution is -0.277. The fraction of sp³-hybridized carbons (Fsp3) is 1.00. The summed E-state index contributed by atoms with van der Waals surface area (Å²) in [6.07, 6.45) is 0.472. The first-order chi connectivity index (χ1) is 7.24. The molecule has 0 spiro atoms. The molecule has 4 nitrogen and oxygen atoms in total. The summed E-state index contributed by atoms with van der Waals surface area (Å²) in [6, 6.07) is 0. The van der Waals surface area contributed by atoms with E-state index in [9.17, 15) is 10.2 Å². The number of halogens is 1. The molecule has 0 radical (unpaired) electrons. The van der Waals surface area contributed by atoms with Gasteiger partial charge >= 0.3 is 0 Å². The van der Waals surface area contributed by atoms with Crippen LogP contribution in [0.3, 0.4) is 0 Å². The first-order valence-corrected chi connectivity index (χ1v) is 6.55. The Morgan fingerprint density at radius 1 is 1.20 bits per heavy atom. The molecule has 3 aliphatic rings. The van der Waals surface area contributed by atoms with Crippen LogP contribution in [0.15, 0.2) is 0 Å². The van der Waals surface area contributed by atoms with E-state index in [1.54, 1.807) is 0 Å². The summed E-state index contributed by atoms with van der Waals surface area (Å²) < 4.78 is 11.0. The standard InChI is InChI=1S/C10H17BrO4/c11-5-7-6-3-1-2-4-14-10(15-7)9(13)8(6)12/h6-10,12-13H,1-5H2/t6-,7?,8+,9?,10-/m1/s1. The van der Waals surface area contributed by atoms with Gasteiger partial charge in [0.2, 0.25) is 0 Å². The highest BCUT2D eigenvalue weighted by Crippen LogP contribution is 2.32. The van der Waals surface area contributed by atoms with Crippen molar-refractivity contribution in [1.29, 1.82) is 0 Å². The molecule has 0 amide bonds. The van der Waals surface area contributed by atoms with Crippen LogP contribution in [0.4, 0.5) is 0 Å². The summed E-state index contributed by atoms with van der Waals surface area (Å²) >= 11 is 3.37. The predicted octanol–water partition coefficient (Wildman–Crippen LogP) is 0.645. The Balaban J connectivity index is 2.16. The number of fused-ring (bicyclic) bond motifs is 6. The van der Waals surface area contributed by atoms with E-state index in [4.69, 9.17) is 9.47 Å². The highest BCUT2D eigenvalue weighted by Gasteiger charge is 2.44. The summed E-state index contributed by atoms with van der Waals surface area (Å²) in [6.45, 7) is 0.593. The minimum atomic E-state index is -0.914. The molecule has 0 saturated carbocycles. The fourth-order valence-electron chi connectivity index (χ4n) is 2.31. The molecular formula is C10H17BrO4. The highest BCUT2D eigenvalue weighted by molar-refractivity contribution is 9.09. The van der Waals surface area contributed by atoms with Gasteiger partial charge in [-0.05, 0) is 12.8 Å². The predicted molar refractivity (Wildman–Crippen MR) is 57.8 cm³/mol. The molecule has 3 saturated heterocycles. The number of ether oxygens (including phenoxy) is 2. The zero-order chi connectivity index (χ0) is 10.8. The normalized spacial score (nSPS) is 47.0. The number of hydrogen-bond donors (Lipinski definition) is 2. The van der Waals surface area contributed by atoms with Crippen molar-refractivity contribution in [2.24, 2.45) is 5.92 Å². The molecule has 3 aliphatic heterocycles. The van der Waals surface area contributed by atoms with Gasteiger partial charge in [-0.1, -0.05) is 22.4 Å². The van der Waals surface area contributed by atoms with Crippen LogP contribution in [-0.2, 0) is 9.47 Å². The van der Waals surface area contributed by atoms with Crippen molar-refractivity contribution in [1.82, 2.24) is 0 Å². The van der Waals surface area contributed by atoms with E-state index in [0.717, 1.165) is 19.3 Å². The molecule has 5 heteroatoms. The first kappa shape index (κ1) is 11.8. The molecule has 2 bridgehead atoms. The Morgan fingerprint density at radius 2 is 2.00 bits per heavy atom. The van der Waals surface area contributed by atoms with Gasteiger partial charge in [-0.2, -0.15) is 0 Å². The van der Waals surface area contributed by atoms with Gasteiger partial charge < -0.3 is 19.7 Å². The Kier molecular flexibility index (Phi) is 4.01. The number of hydrogen-bond acceptors (Lipinski definition) is 4. The molecule has 0 aliphatic carbocycles. The van der Waals surface area contributed by atoms with Crippen molar-refractivity contribution in [3.05, 3.63) is 0 Å². The number of alkyl halides is 1. The molecule has 0 aromatic rings. The molecule has 3 rings (SSSR count). The van der Waals surface area contributed by atoms with E-state index in [1.807, 2.05) is 0 Å². The van der Waals surface area contributed by atoms with E-state index >= 15 is 0 Å². The molecule has 2 N–H and O–H groups in total. The third kappa shape index (κ3) is 2.36. The molecule has 88 valence electrons. The zero-order valence-electron chi connectivity index (χ0n) is 8.51. The maximum atomic E-state index is 9.97. The van der Waals surface area contributed by atoms with E-state index in [0.29, 0.717) is 11.9 Å². The first-order valence-electron chi connectivity index (χ1n) is 5.43. The lowest BCUT2D eigenvalue weighted by Crippen LogP contribution is -2.55. The van der Waals surface area contributed by atoms with Crippen LogP contribution in [0.5, 0.6) is 0 Å². The highest BCUT2D eigenvalue weighted by atomic mass is 79.9. The second kappa shape index (κ2) is 5.10. The monoisotopic (exact) mass is 280 g/mol. The van der Waals surface area contributed by atoms with Crippen molar-refractivity contribution < 1.29 is 19.7 Å². The van der Waals surface area contributed by atoms with Gasteiger partial charge in [-0.3, -0.25) is 0 Å². The average Bonchev–Trinajstić information content (AvgIpc) is 2.38. The summed E-state index contributed by atoms with van der Waals surface area (Å²) in [4.78, 5) is 0. The van der Waals surface area contributed by atoms with Crippen LogP contribution in [-0.4, -0.2) is 46.8 Å². The third-order valence-corrected chi connectivity index (χ3v) is 3.86. The van der Waals surface area contributed by atoms with E-state index in [2.05, 4.69) is 15.9 Å². The minimum Gasteiger partial charge on any atom is -0.390 e. The molecule has 0 aromatic carbocycles. The summed E-state index contributed by atoms with van der Waals surface area (Å²) in [5, 5.41) is 20.4.